The van der Waals surface area contributed by atoms with Gasteiger partial charge in [0.05, 0.1) is 20.6 Å². The number of allylic oxidation sites excluding steroid dienone is 1. The third-order valence-corrected chi connectivity index (χ3v) is 3.05. The van der Waals surface area contributed by atoms with Gasteiger partial charge in [-0.1, -0.05) is 18.2 Å². The van der Waals surface area contributed by atoms with E-state index >= 15 is 0 Å². The summed E-state index contributed by atoms with van der Waals surface area (Å²) in [4.78, 5) is 23.1. The van der Waals surface area contributed by atoms with E-state index in [1.807, 2.05) is 0 Å². The lowest BCUT2D eigenvalue weighted by Crippen LogP contribution is -2.41. The number of ether oxygens (including phenoxy) is 2. The van der Waals surface area contributed by atoms with Crippen LogP contribution in [-0.2, 0) is 16.0 Å². The van der Waals surface area contributed by atoms with E-state index in [4.69, 9.17) is 14.6 Å². The molecular formula is C16H21NO5. The number of carbonyl (C=O) groups is 2. The highest BCUT2D eigenvalue weighted by atomic mass is 16.5. The van der Waals surface area contributed by atoms with Crippen molar-refractivity contribution in [2.45, 2.75) is 25.8 Å². The summed E-state index contributed by atoms with van der Waals surface area (Å²) in [5, 5.41) is 11.6. The molecule has 1 aromatic rings. The second-order valence-corrected chi connectivity index (χ2v) is 4.63. The fourth-order valence-electron chi connectivity index (χ4n) is 1.91. The van der Waals surface area contributed by atoms with Crippen LogP contribution in [0.4, 0.5) is 0 Å². The van der Waals surface area contributed by atoms with Crippen LogP contribution in [0.1, 0.15) is 18.9 Å². The van der Waals surface area contributed by atoms with Crippen LogP contribution in [0, 0.1) is 0 Å². The molecule has 6 nitrogen and oxygen atoms in total. The Morgan fingerprint density at radius 3 is 2.50 bits per heavy atom. The molecule has 1 aromatic carbocycles. The van der Waals surface area contributed by atoms with Gasteiger partial charge in [-0.2, -0.15) is 0 Å². The Morgan fingerprint density at radius 2 is 1.95 bits per heavy atom. The average Bonchev–Trinajstić information content (AvgIpc) is 2.50. The van der Waals surface area contributed by atoms with Crippen LogP contribution in [0.5, 0.6) is 11.5 Å². The average molecular weight is 307 g/mol. The minimum Gasteiger partial charge on any atom is -0.493 e. The molecule has 0 fully saturated rings. The van der Waals surface area contributed by atoms with Crippen molar-refractivity contribution in [2.24, 2.45) is 0 Å². The van der Waals surface area contributed by atoms with Gasteiger partial charge in [-0.25, -0.2) is 4.79 Å². The van der Waals surface area contributed by atoms with Crippen LogP contribution in [0.15, 0.2) is 30.4 Å². The van der Waals surface area contributed by atoms with E-state index in [9.17, 15) is 9.59 Å². The quantitative estimate of drug-likeness (QED) is 0.715. The number of rotatable bonds is 8. The lowest BCUT2D eigenvalue weighted by Gasteiger charge is -2.13. The molecule has 1 rings (SSSR count). The van der Waals surface area contributed by atoms with Crippen LogP contribution in [-0.4, -0.2) is 37.2 Å². The molecule has 0 heterocycles. The van der Waals surface area contributed by atoms with E-state index < -0.39 is 12.0 Å². The molecule has 0 bridgehead atoms. The number of benzene rings is 1. The zero-order chi connectivity index (χ0) is 16.5. The van der Waals surface area contributed by atoms with Gasteiger partial charge < -0.3 is 19.9 Å². The number of aliphatic carboxylic acids is 1. The predicted molar refractivity (Wildman–Crippen MR) is 82.2 cm³/mol. The van der Waals surface area contributed by atoms with Crippen molar-refractivity contribution in [2.75, 3.05) is 14.2 Å². The maximum absolute atomic E-state index is 12.0. The van der Waals surface area contributed by atoms with Crippen molar-refractivity contribution in [1.82, 2.24) is 5.32 Å². The molecule has 0 aliphatic heterocycles. The lowest BCUT2D eigenvalue weighted by molar-refractivity contribution is -0.141. The SMILES string of the molecule is C/C=C/CC(NC(=O)Cc1ccc(OC)c(OC)c1)C(=O)O. The van der Waals surface area contributed by atoms with Gasteiger partial charge in [-0.15, -0.1) is 0 Å². The minimum absolute atomic E-state index is 0.0694. The minimum atomic E-state index is -1.06. The fourth-order valence-corrected chi connectivity index (χ4v) is 1.91. The third-order valence-electron chi connectivity index (χ3n) is 3.05. The van der Waals surface area contributed by atoms with Crippen molar-refractivity contribution >= 4 is 11.9 Å². The molecule has 0 aliphatic carbocycles. The molecule has 2 N–H and O–H groups in total. The van der Waals surface area contributed by atoms with Gasteiger partial charge in [0.1, 0.15) is 6.04 Å². The summed E-state index contributed by atoms with van der Waals surface area (Å²) in [5.74, 6) is -0.317. The monoisotopic (exact) mass is 307 g/mol. The molecule has 0 saturated heterocycles. The first-order valence-electron chi connectivity index (χ1n) is 6.86. The standard InChI is InChI=1S/C16H21NO5/c1-4-5-6-12(16(19)20)17-15(18)10-11-7-8-13(21-2)14(9-11)22-3/h4-5,7-9,12H,6,10H2,1-3H3,(H,17,18)(H,19,20)/b5-4+. The first kappa shape index (κ1) is 17.6. The van der Waals surface area contributed by atoms with E-state index in [0.29, 0.717) is 17.1 Å². The largest absolute Gasteiger partial charge is 0.493 e. The zero-order valence-electron chi connectivity index (χ0n) is 13.0. The molecule has 1 atom stereocenters. The molecule has 22 heavy (non-hydrogen) atoms. The van der Waals surface area contributed by atoms with Gasteiger partial charge in [0, 0.05) is 0 Å². The first-order chi connectivity index (χ1) is 10.5. The number of methoxy groups -OCH3 is 2. The van der Waals surface area contributed by atoms with Crippen molar-refractivity contribution in [3.63, 3.8) is 0 Å². The number of carboxylic acids is 1. The maximum atomic E-state index is 12.0. The van der Waals surface area contributed by atoms with E-state index in [2.05, 4.69) is 5.32 Å². The third kappa shape index (κ3) is 5.12. The Hall–Kier alpha value is -2.50. The summed E-state index contributed by atoms with van der Waals surface area (Å²) in [6, 6.07) is 4.21. The molecule has 120 valence electrons. The molecule has 0 spiro atoms. The Bertz CT molecular complexity index is 553. The second kappa shape index (κ2) is 8.71. The van der Waals surface area contributed by atoms with Gasteiger partial charge in [-0.05, 0) is 31.0 Å². The van der Waals surface area contributed by atoms with Crippen molar-refractivity contribution < 1.29 is 24.2 Å². The van der Waals surface area contributed by atoms with E-state index in [1.54, 1.807) is 37.3 Å². The van der Waals surface area contributed by atoms with Crippen molar-refractivity contribution in [3.05, 3.63) is 35.9 Å². The van der Waals surface area contributed by atoms with Crippen molar-refractivity contribution in [3.8, 4) is 11.5 Å². The normalized spacial score (nSPS) is 12.0. The highest BCUT2D eigenvalue weighted by molar-refractivity contribution is 5.85. The molecular weight excluding hydrogens is 286 g/mol. The first-order valence-corrected chi connectivity index (χ1v) is 6.86. The fraction of sp³-hybridized carbons (Fsp3) is 0.375. The van der Waals surface area contributed by atoms with Crippen LogP contribution in [0.3, 0.4) is 0 Å². The van der Waals surface area contributed by atoms with Gasteiger partial charge in [0.2, 0.25) is 5.91 Å². The molecule has 0 aromatic heterocycles. The Morgan fingerprint density at radius 1 is 1.27 bits per heavy atom. The highest BCUT2D eigenvalue weighted by Crippen LogP contribution is 2.27. The molecule has 1 unspecified atom stereocenters. The van der Waals surface area contributed by atoms with Gasteiger partial charge in [0.15, 0.2) is 11.5 Å². The Kier molecular flexibility index (Phi) is 6.95. The van der Waals surface area contributed by atoms with Gasteiger partial charge in [0.25, 0.3) is 0 Å². The second-order valence-electron chi connectivity index (χ2n) is 4.63. The number of nitrogens with one attached hydrogen (secondary N) is 1. The topological polar surface area (TPSA) is 84.9 Å². The molecule has 0 saturated carbocycles. The van der Waals surface area contributed by atoms with Crippen LogP contribution < -0.4 is 14.8 Å². The lowest BCUT2D eigenvalue weighted by atomic mass is 10.1. The molecule has 0 radical (unpaired) electrons. The van der Waals surface area contributed by atoms with E-state index in [1.165, 1.54) is 14.2 Å². The van der Waals surface area contributed by atoms with Crippen molar-refractivity contribution in [1.29, 1.82) is 0 Å². The number of hydrogen-bond acceptors (Lipinski definition) is 4. The zero-order valence-corrected chi connectivity index (χ0v) is 13.0. The Labute approximate surface area is 129 Å². The van der Waals surface area contributed by atoms with Crippen LogP contribution in [0.25, 0.3) is 0 Å². The van der Waals surface area contributed by atoms with Crippen LogP contribution >= 0.6 is 0 Å². The molecule has 0 aliphatic rings. The summed E-state index contributed by atoms with van der Waals surface area (Å²) in [7, 11) is 3.04. The number of amides is 1. The maximum Gasteiger partial charge on any atom is 0.326 e. The summed E-state index contributed by atoms with van der Waals surface area (Å²) in [6.07, 6.45) is 3.77. The Balaban J connectivity index is 2.73. The summed E-state index contributed by atoms with van der Waals surface area (Å²) >= 11 is 0. The summed E-state index contributed by atoms with van der Waals surface area (Å²) < 4.78 is 10.3. The van der Waals surface area contributed by atoms with Gasteiger partial charge in [-0.3, -0.25) is 4.79 Å². The summed E-state index contributed by atoms with van der Waals surface area (Å²) in [5.41, 5.74) is 0.713. The van der Waals surface area contributed by atoms with Gasteiger partial charge >= 0.3 is 5.97 Å². The summed E-state index contributed by atoms with van der Waals surface area (Å²) in [6.45, 7) is 1.80. The number of carboxylic acid groups (broad SMARTS) is 1. The highest BCUT2D eigenvalue weighted by Gasteiger charge is 2.18. The van der Waals surface area contributed by atoms with E-state index in [-0.39, 0.29) is 18.7 Å². The molecule has 1 amide bonds. The molecule has 6 heteroatoms. The predicted octanol–water partition coefficient (Wildman–Crippen LogP) is 1.78. The number of hydrogen-bond donors (Lipinski definition) is 2. The van der Waals surface area contributed by atoms with E-state index in [0.717, 1.165) is 0 Å². The van der Waals surface area contributed by atoms with Crippen LogP contribution in [0.2, 0.25) is 0 Å². The smallest absolute Gasteiger partial charge is 0.326 e. The number of carbonyl (C=O) groups excluding carboxylic acids is 1.